The van der Waals surface area contributed by atoms with Crippen LogP contribution >= 0.6 is 0 Å². The third-order valence-corrected chi connectivity index (χ3v) is 4.83. The van der Waals surface area contributed by atoms with Crippen LogP contribution in [0, 0.1) is 5.41 Å². The zero-order chi connectivity index (χ0) is 14.7. The van der Waals surface area contributed by atoms with Crippen molar-refractivity contribution in [2.75, 3.05) is 33.3 Å². The second kappa shape index (κ2) is 6.16. The minimum atomic E-state index is 0.161. The van der Waals surface area contributed by atoms with E-state index < -0.39 is 0 Å². The van der Waals surface area contributed by atoms with Crippen LogP contribution in [0.4, 0.5) is 0 Å². The molecule has 2 aliphatic rings. The Hall–Kier alpha value is -1.39. The Balaban J connectivity index is 1.78. The number of ether oxygens (including phenoxy) is 1. The van der Waals surface area contributed by atoms with E-state index in [2.05, 4.69) is 5.32 Å². The second-order valence-electron chi connectivity index (χ2n) is 6.35. The van der Waals surface area contributed by atoms with Crippen LogP contribution in [0.25, 0.3) is 0 Å². The standard InChI is InChI=1S/C17H24N2O2/c1-21-11-14-5-2-3-6-15(14)16(20)19-10-4-7-17(13-19)8-9-18-12-17/h2-3,5-6,18H,4,7-13H2,1H3. The Morgan fingerprint density at radius 3 is 3.00 bits per heavy atom. The van der Waals surface area contributed by atoms with E-state index in [1.54, 1.807) is 7.11 Å². The molecule has 1 amide bonds. The van der Waals surface area contributed by atoms with Crippen LogP contribution in [0.5, 0.6) is 0 Å². The Bertz CT molecular complexity index is 509. The van der Waals surface area contributed by atoms with E-state index in [1.807, 2.05) is 29.2 Å². The maximum Gasteiger partial charge on any atom is 0.254 e. The summed E-state index contributed by atoms with van der Waals surface area (Å²) in [5.41, 5.74) is 2.08. The molecule has 2 saturated heterocycles. The number of rotatable bonds is 3. The van der Waals surface area contributed by atoms with E-state index in [-0.39, 0.29) is 5.91 Å². The monoisotopic (exact) mass is 288 g/mol. The zero-order valence-electron chi connectivity index (χ0n) is 12.7. The lowest BCUT2D eigenvalue weighted by Gasteiger charge is -2.40. The van der Waals surface area contributed by atoms with Gasteiger partial charge in [0.2, 0.25) is 0 Å². The van der Waals surface area contributed by atoms with E-state index >= 15 is 0 Å². The molecule has 0 aromatic heterocycles. The minimum absolute atomic E-state index is 0.161. The average Bonchev–Trinajstić information content (AvgIpc) is 2.95. The SMILES string of the molecule is COCc1ccccc1C(=O)N1CCCC2(CCNC2)C1. The third-order valence-electron chi connectivity index (χ3n) is 4.83. The molecule has 0 aliphatic carbocycles. The molecule has 0 radical (unpaired) electrons. The van der Waals surface area contributed by atoms with Crippen molar-refractivity contribution in [2.45, 2.75) is 25.9 Å². The van der Waals surface area contributed by atoms with Gasteiger partial charge in [0.05, 0.1) is 6.61 Å². The molecule has 4 heteroatoms. The Labute approximate surface area is 126 Å². The Morgan fingerprint density at radius 1 is 1.38 bits per heavy atom. The van der Waals surface area contributed by atoms with Crippen LogP contribution in [0.15, 0.2) is 24.3 Å². The van der Waals surface area contributed by atoms with Gasteiger partial charge in [0.15, 0.2) is 0 Å². The number of hydrogen-bond acceptors (Lipinski definition) is 3. The second-order valence-corrected chi connectivity index (χ2v) is 6.35. The van der Waals surface area contributed by atoms with E-state index in [4.69, 9.17) is 4.74 Å². The van der Waals surface area contributed by atoms with E-state index in [0.29, 0.717) is 12.0 Å². The summed E-state index contributed by atoms with van der Waals surface area (Å²) in [5.74, 6) is 0.161. The number of carbonyl (C=O) groups is 1. The van der Waals surface area contributed by atoms with Gasteiger partial charge in [0.1, 0.15) is 0 Å². The number of carbonyl (C=O) groups excluding carboxylic acids is 1. The van der Waals surface area contributed by atoms with Crippen molar-refractivity contribution in [1.29, 1.82) is 0 Å². The first kappa shape index (κ1) is 14.5. The normalized spacial score (nSPS) is 25.5. The van der Waals surface area contributed by atoms with Crippen LogP contribution in [0.3, 0.4) is 0 Å². The predicted molar refractivity (Wildman–Crippen MR) is 82.2 cm³/mol. The summed E-state index contributed by atoms with van der Waals surface area (Å²) < 4.78 is 5.22. The summed E-state index contributed by atoms with van der Waals surface area (Å²) >= 11 is 0. The van der Waals surface area contributed by atoms with Crippen molar-refractivity contribution in [1.82, 2.24) is 10.2 Å². The molecule has 1 aromatic rings. The van der Waals surface area contributed by atoms with Crippen LogP contribution in [0.2, 0.25) is 0 Å². The molecule has 0 bridgehead atoms. The van der Waals surface area contributed by atoms with Crippen molar-refractivity contribution >= 4 is 5.91 Å². The lowest BCUT2D eigenvalue weighted by Crippen LogP contribution is -2.47. The molecule has 1 spiro atoms. The molecule has 1 aromatic carbocycles. The van der Waals surface area contributed by atoms with Crippen LogP contribution < -0.4 is 5.32 Å². The van der Waals surface area contributed by atoms with Gasteiger partial charge >= 0.3 is 0 Å². The summed E-state index contributed by atoms with van der Waals surface area (Å²) in [5, 5.41) is 3.46. The van der Waals surface area contributed by atoms with Gasteiger partial charge in [0, 0.05) is 37.7 Å². The van der Waals surface area contributed by atoms with E-state index in [9.17, 15) is 4.79 Å². The number of likely N-dealkylation sites (tertiary alicyclic amines) is 1. The number of nitrogens with zero attached hydrogens (tertiary/aromatic N) is 1. The first-order valence-electron chi connectivity index (χ1n) is 7.81. The molecule has 4 nitrogen and oxygen atoms in total. The summed E-state index contributed by atoms with van der Waals surface area (Å²) in [6.45, 7) is 4.39. The average molecular weight is 288 g/mol. The van der Waals surface area contributed by atoms with Gasteiger partial charge in [-0.15, -0.1) is 0 Å². The fourth-order valence-electron chi connectivity index (χ4n) is 3.71. The summed E-state index contributed by atoms with van der Waals surface area (Å²) in [7, 11) is 1.67. The topological polar surface area (TPSA) is 41.6 Å². The number of methoxy groups -OCH3 is 1. The van der Waals surface area contributed by atoms with E-state index in [0.717, 1.165) is 43.7 Å². The Morgan fingerprint density at radius 2 is 2.24 bits per heavy atom. The molecule has 21 heavy (non-hydrogen) atoms. The van der Waals surface area contributed by atoms with Crippen molar-refractivity contribution < 1.29 is 9.53 Å². The van der Waals surface area contributed by atoms with Crippen molar-refractivity contribution in [3.8, 4) is 0 Å². The lowest BCUT2D eigenvalue weighted by atomic mass is 9.79. The number of benzene rings is 1. The van der Waals surface area contributed by atoms with Crippen LogP contribution in [0.1, 0.15) is 35.2 Å². The molecule has 0 saturated carbocycles. The maximum absolute atomic E-state index is 12.9. The van der Waals surface area contributed by atoms with E-state index in [1.165, 1.54) is 12.8 Å². The summed E-state index contributed by atoms with van der Waals surface area (Å²) in [4.78, 5) is 14.9. The molecule has 2 aliphatic heterocycles. The van der Waals surface area contributed by atoms with Crippen molar-refractivity contribution in [3.63, 3.8) is 0 Å². The molecular weight excluding hydrogens is 264 g/mol. The number of piperidine rings is 1. The molecular formula is C17H24N2O2. The lowest BCUT2D eigenvalue weighted by molar-refractivity contribution is 0.0549. The number of nitrogens with one attached hydrogen (secondary N) is 1. The molecule has 114 valence electrons. The highest BCUT2D eigenvalue weighted by Crippen LogP contribution is 2.36. The van der Waals surface area contributed by atoms with Gasteiger partial charge < -0.3 is 15.0 Å². The van der Waals surface area contributed by atoms with Gasteiger partial charge in [-0.1, -0.05) is 18.2 Å². The van der Waals surface area contributed by atoms with Gasteiger partial charge in [0.25, 0.3) is 5.91 Å². The molecule has 1 atom stereocenters. The van der Waals surface area contributed by atoms with Gasteiger partial charge in [-0.2, -0.15) is 0 Å². The highest BCUT2D eigenvalue weighted by Gasteiger charge is 2.39. The fourth-order valence-corrected chi connectivity index (χ4v) is 3.71. The maximum atomic E-state index is 12.9. The third kappa shape index (κ3) is 2.97. The number of hydrogen-bond donors (Lipinski definition) is 1. The summed E-state index contributed by atoms with van der Waals surface area (Å²) in [6, 6.07) is 7.80. The van der Waals surface area contributed by atoms with Crippen molar-refractivity contribution in [3.05, 3.63) is 35.4 Å². The molecule has 2 fully saturated rings. The van der Waals surface area contributed by atoms with Crippen LogP contribution in [-0.4, -0.2) is 44.1 Å². The minimum Gasteiger partial charge on any atom is -0.380 e. The predicted octanol–water partition coefficient (Wildman–Crippen LogP) is 2.05. The quantitative estimate of drug-likeness (QED) is 0.925. The van der Waals surface area contributed by atoms with Gasteiger partial charge in [-0.3, -0.25) is 4.79 Å². The smallest absolute Gasteiger partial charge is 0.254 e. The summed E-state index contributed by atoms with van der Waals surface area (Å²) in [6.07, 6.45) is 3.54. The number of amides is 1. The van der Waals surface area contributed by atoms with Crippen LogP contribution in [-0.2, 0) is 11.3 Å². The largest absolute Gasteiger partial charge is 0.380 e. The zero-order valence-corrected chi connectivity index (χ0v) is 12.7. The first-order valence-corrected chi connectivity index (χ1v) is 7.81. The molecule has 3 rings (SSSR count). The molecule has 2 heterocycles. The van der Waals surface area contributed by atoms with Crippen molar-refractivity contribution in [2.24, 2.45) is 5.41 Å². The fraction of sp³-hybridized carbons (Fsp3) is 0.588. The van der Waals surface area contributed by atoms with Gasteiger partial charge in [-0.25, -0.2) is 0 Å². The Kier molecular flexibility index (Phi) is 4.27. The van der Waals surface area contributed by atoms with Gasteiger partial charge in [-0.05, 0) is 37.4 Å². The highest BCUT2D eigenvalue weighted by molar-refractivity contribution is 5.95. The molecule has 1 N–H and O–H groups in total. The first-order chi connectivity index (χ1) is 10.2. The molecule has 1 unspecified atom stereocenters. The highest BCUT2D eigenvalue weighted by atomic mass is 16.5.